The molecule has 7 nitrogen and oxygen atoms in total. The van der Waals surface area contributed by atoms with E-state index in [1.807, 2.05) is 6.07 Å². The van der Waals surface area contributed by atoms with Crippen molar-refractivity contribution in [1.82, 2.24) is 19.9 Å². The lowest BCUT2D eigenvalue weighted by Crippen LogP contribution is -2.28. The SMILES string of the molecule is O=C(O)C(F)(F)F.O=c1cc(C2CCNCC2)nc2cccnn12. The van der Waals surface area contributed by atoms with Gasteiger partial charge in [0, 0.05) is 18.2 Å². The summed E-state index contributed by atoms with van der Waals surface area (Å²) in [5.41, 5.74) is 1.45. The molecule has 2 aromatic heterocycles. The van der Waals surface area contributed by atoms with Crippen LogP contribution in [0.5, 0.6) is 0 Å². The van der Waals surface area contributed by atoms with E-state index in [4.69, 9.17) is 9.90 Å². The molecular formula is C14H15F3N4O3. The molecular weight excluding hydrogens is 329 g/mol. The second-order valence-electron chi connectivity index (χ2n) is 5.14. The zero-order valence-electron chi connectivity index (χ0n) is 12.5. The molecule has 130 valence electrons. The van der Waals surface area contributed by atoms with Gasteiger partial charge in [0.05, 0.1) is 5.69 Å². The Balaban J connectivity index is 0.000000256. The number of hydrogen-bond donors (Lipinski definition) is 2. The quantitative estimate of drug-likeness (QED) is 0.807. The van der Waals surface area contributed by atoms with Gasteiger partial charge < -0.3 is 10.4 Å². The van der Waals surface area contributed by atoms with Crippen molar-refractivity contribution >= 4 is 11.6 Å². The molecule has 3 heterocycles. The van der Waals surface area contributed by atoms with Crippen molar-refractivity contribution in [1.29, 1.82) is 0 Å². The summed E-state index contributed by atoms with van der Waals surface area (Å²) in [7, 11) is 0. The summed E-state index contributed by atoms with van der Waals surface area (Å²) in [5.74, 6) is -2.36. The molecule has 0 aliphatic carbocycles. The van der Waals surface area contributed by atoms with Gasteiger partial charge in [-0.25, -0.2) is 9.78 Å². The topological polar surface area (TPSA) is 96.6 Å². The van der Waals surface area contributed by atoms with Gasteiger partial charge in [0.25, 0.3) is 5.56 Å². The zero-order valence-corrected chi connectivity index (χ0v) is 12.5. The lowest BCUT2D eigenvalue weighted by Gasteiger charge is -2.21. The number of carbonyl (C=O) groups is 1. The minimum Gasteiger partial charge on any atom is -0.475 e. The van der Waals surface area contributed by atoms with Gasteiger partial charge in [-0.1, -0.05) is 0 Å². The predicted octanol–water partition coefficient (Wildman–Crippen LogP) is 1.19. The molecule has 1 aliphatic heterocycles. The average Bonchev–Trinajstić information content (AvgIpc) is 2.55. The van der Waals surface area contributed by atoms with E-state index in [-0.39, 0.29) is 5.56 Å². The van der Waals surface area contributed by atoms with E-state index >= 15 is 0 Å². The molecule has 1 saturated heterocycles. The van der Waals surface area contributed by atoms with E-state index in [0.717, 1.165) is 31.6 Å². The molecule has 0 spiro atoms. The maximum absolute atomic E-state index is 11.9. The van der Waals surface area contributed by atoms with Gasteiger partial charge in [0.15, 0.2) is 5.65 Å². The molecule has 2 aromatic rings. The first-order valence-electron chi connectivity index (χ1n) is 7.15. The highest BCUT2D eigenvalue weighted by Crippen LogP contribution is 2.22. The number of piperidine rings is 1. The maximum Gasteiger partial charge on any atom is 0.490 e. The largest absolute Gasteiger partial charge is 0.490 e. The summed E-state index contributed by atoms with van der Waals surface area (Å²) in [5, 5.41) is 14.4. The van der Waals surface area contributed by atoms with Crippen LogP contribution in [0.25, 0.3) is 5.65 Å². The molecule has 10 heteroatoms. The Hall–Kier alpha value is -2.49. The first kappa shape index (κ1) is 17.9. The fourth-order valence-electron chi connectivity index (χ4n) is 2.30. The molecule has 1 aliphatic rings. The lowest BCUT2D eigenvalue weighted by molar-refractivity contribution is -0.192. The van der Waals surface area contributed by atoms with Crippen LogP contribution in [-0.2, 0) is 4.79 Å². The molecule has 24 heavy (non-hydrogen) atoms. The number of alkyl halides is 3. The Labute approximate surface area is 134 Å². The van der Waals surface area contributed by atoms with Gasteiger partial charge in [0.2, 0.25) is 0 Å². The van der Waals surface area contributed by atoms with Crippen molar-refractivity contribution < 1.29 is 23.1 Å². The Morgan fingerprint density at radius 2 is 1.96 bits per heavy atom. The predicted molar refractivity (Wildman–Crippen MR) is 77.8 cm³/mol. The van der Waals surface area contributed by atoms with Crippen LogP contribution in [0.15, 0.2) is 29.2 Å². The molecule has 0 radical (unpaired) electrons. The van der Waals surface area contributed by atoms with Crippen molar-refractivity contribution in [2.75, 3.05) is 13.1 Å². The summed E-state index contributed by atoms with van der Waals surface area (Å²) in [4.78, 5) is 25.3. The number of carboxylic acid groups (broad SMARTS) is 1. The molecule has 0 amide bonds. The van der Waals surface area contributed by atoms with E-state index in [0.29, 0.717) is 11.6 Å². The number of carboxylic acids is 1. The molecule has 0 saturated carbocycles. The molecule has 2 N–H and O–H groups in total. The first-order chi connectivity index (χ1) is 11.3. The van der Waals surface area contributed by atoms with Crippen molar-refractivity contribution in [3.8, 4) is 0 Å². The molecule has 0 bridgehead atoms. The van der Waals surface area contributed by atoms with E-state index in [2.05, 4.69) is 15.4 Å². The number of nitrogens with one attached hydrogen (secondary N) is 1. The minimum atomic E-state index is -5.08. The summed E-state index contributed by atoms with van der Waals surface area (Å²) in [6.45, 7) is 2.00. The minimum absolute atomic E-state index is 0.0934. The molecule has 3 rings (SSSR count). The fourth-order valence-corrected chi connectivity index (χ4v) is 2.30. The van der Waals surface area contributed by atoms with E-state index in [1.165, 1.54) is 4.52 Å². The van der Waals surface area contributed by atoms with Crippen LogP contribution < -0.4 is 10.9 Å². The Bertz CT molecular complexity index is 770. The Morgan fingerprint density at radius 3 is 2.54 bits per heavy atom. The van der Waals surface area contributed by atoms with E-state index in [1.54, 1.807) is 18.3 Å². The molecule has 1 fully saturated rings. The number of fused-ring (bicyclic) bond motifs is 1. The van der Waals surface area contributed by atoms with E-state index < -0.39 is 12.1 Å². The van der Waals surface area contributed by atoms with Gasteiger partial charge in [-0.3, -0.25) is 4.79 Å². The number of nitrogens with zero attached hydrogens (tertiary/aromatic N) is 3. The van der Waals surface area contributed by atoms with Gasteiger partial charge in [-0.15, -0.1) is 0 Å². The highest BCUT2D eigenvalue weighted by atomic mass is 19.4. The number of halogens is 3. The van der Waals surface area contributed by atoms with Crippen molar-refractivity contribution in [3.05, 3.63) is 40.4 Å². The highest BCUT2D eigenvalue weighted by molar-refractivity contribution is 5.73. The highest BCUT2D eigenvalue weighted by Gasteiger charge is 2.38. The Morgan fingerprint density at radius 1 is 1.33 bits per heavy atom. The first-order valence-corrected chi connectivity index (χ1v) is 7.15. The monoisotopic (exact) mass is 344 g/mol. The number of aromatic nitrogens is 3. The molecule has 0 atom stereocenters. The third-order valence-corrected chi connectivity index (χ3v) is 3.45. The van der Waals surface area contributed by atoms with Gasteiger partial charge >= 0.3 is 12.1 Å². The van der Waals surface area contributed by atoms with Crippen molar-refractivity contribution in [2.45, 2.75) is 24.9 Å². The average molecular weight is 344 g/mol. The van der Waals surface area contributed by atoms with Crippen LogP contribution in [-0.4, -0.2) is 44.9 Å². The van der Waals surface area contributed by atoms with Gasteiger partial charge in [0.1, 0.15) is 0 Å². The fraction of sp³-hybridized carbons (Fsp3) is 0.429. The van der Waals surface area contributed by atoms with Crippen LogP contribution >= 0.6 is 0 Å². The molecule has 0 unspecified atom stereocenters. The van der Waals surface area contributed by atoms with Crippen molar-refractivity contribution in [2.24, 2.45) is 0 Å². The van der Waals surface area contributed by atoms with Gasteiger partial charge in [-0.05, 0) is 38.1 Å². The van der Waals surface area contributed by atoms with Crippen LogP contribution in [0, 0.1) is 0 Å². The second kappa shape index (κ2) is 7.39. The van der Waals surface area contributed by atoms with Crippen LogP contribution in [0.2, 0.25) is 0 Å². The number of rotatable bonds is 1. The van der Waals surface area contributed by atoms with Crippen LogP contribution in [0.4, 0.5) is 13.2 Å². The third-order valence-electron chi connectivity index (χ3n) is 3.45. The zero-order chi connectivity index (χ0) is 17.7. The summed E-state index contributed by atoms with van der Waals surface area (Å²) >= 11 is 0. The Kier molecular flexibility index (Phi) is 5.50. The summed E-state index contributed by atoms with van der Waals surface area (Å²) in [6, 6.07) is 5.24. The van der Waals surface area contributed by atoms with Crippen LogP contribution in [0.1, 0.15) is 24.5 Å². The lowest BCUT2D eigenvalue weighted by atomic mass is 9.94. The van der Waals surface area contributed by atoms with Crippen molar-refractivity contribution in [3.63, 3.8) is 0 Å². The summed E-state index contributed by atoms with van der Waals surface area (Å²) in [6.07, 6.45) is -1.40. The standard InChI is InChI=1S/C12H14N4O.C2HF3O2/c17-12-8-10(9-3-6-13-7-4-9)15-11-2-1-5-14-16(11)12;3-2(4,5)1(6)7/h1-2,5,8-9,13H,3-4,6-7H2;(H,6,7). The molecule has 0 aromatic carbocycles. The van der Waals surface area contributed by atoms with E-state index in [9.17, 15) is 18.0 Å². The summed E-state index contributed by atoms with van der Waals surface area (Å²) < 4.78 is 33.1. The van der Waals surface area contributed by atoms with Gasteiger partial charge in [-0.2, -0.15) is 22.8 Å². The van der Waals surface area contributed by atoms with Crippen LogP contribution in [0.3, 0.4) is 0 Å². The number of hydrogen-bond acceptors (Lipinski definition) is 5. The third kappa shape index (κ3) is 4.51. The normalized spacial score (nSPS) is 15.6. The maximum atomic E-state index is 11.9. The second-order valence-corrected chi connectivity index (χ2v) is 5.14. The smallest absolute Gasteiger partial charge is 0.475 e. The number of aliphatic carboxylic acids is 1.